The van der Waals surface area contributed by atoms with Gasteiger partial charge < -0.3 is 20.1 Å². The number of methoxy groups -OCH3 is 2. The summed E-state index contributed by atoms with van der Waals surface area (Å²) in [4.78, 5) is 22.3. The number of amides is 2. The number of carbonyl (C=O) groups excluding carboxylic acids is 2. The van der Waals surface area contributed by atoms with Crippen LogP contribution in [0.3, 0.4) is 0 Å². The minimum absolute atomic E-state index is 0.401. The lowest BCUT2D eigenvalue weighted by Gasteiger charge is -2.31. The minimum atomic E-state index is -0.460. The zero-order valence-corrected chi connectivity index (χ0v) is 12.0. The van der Waals surface area contributed by atoms with Crippen LogP contribution in [0.1, 0.15) is 40.5 Å². The summed E-state index contributed by atoms with van der Waals surface area (Å²) in [5.41, 5.74) is -0.801. The van der Waals surface area contributed by atoms with Crippen molar-refractivity contribution in [2.75, 3.05) is 14.2 Å². The summed E-state index contributed by atoms with van der Waals surface area (Å²) in [5, 5.41) is 5.48. The van der Waals surface area contributed by atoms with E-state index in [4.69, 9.17) is 0 Å². The van der Waals surface area contributed by atoms with E-state index in [2.05, 4.69) is 20.1 Å². The summed E-state index contributed by atoms with van der Waals surface area (Å²) in [6.07, 6.45) is 0.468. The van der Waals surface area contributed by atoms with Gasteiger partial charge in [0.1, 0.15) is 0 Å². The van der Waals surface area contributed by atoms with Crippen molar-refractivity contribution in [3.05, 3.63) is 0 Å². The van der Waals surface area contributed by atoms with Crippen molar-refractivity contribution in [1.29, 1.82) is 0 Å². The fourth-order valence-electron chi connectivity index (χ4n) is 1.40. The zero-order valence-electron chi connectivity index (χ0n) is 12.0. The molecule has 0 spiro atoms. The van der Waals surface area contributed by atoms with E-state index in [9.17, 15) is 9.59 Å². The second-order valence-corrected chi connectivity index (χ2v) is 5.50. The highest BCUT2D eigenvalue weighted by molar-refractivity contribution is 5.68. The Morgan fingerprint density at radius 2 is 1.11 bits per heavy atom. The van der Waals surface area contributed by atoms with Crippen molar-refractivity contribution in [1.82, 2.24) is 10.6 Å². The first kappa shape index (κ1) is 16.5. The van der Waals surface area contributed by atoms with Gasteiger partial charge in [0, 0.05) is 11.1 Å². The first-order valence-corrected chi connectivity index (χ1v) is 5.84. The lowest BCUT2D eigenvalue weighted by atomic mass is 9.89. The van der Waals surface area contributed by atoms with Gasteiger partial charge in [-0.2, -0.15) is 0 Å². The topological polar surface area (TPSA) is 76.7 Å². The number of hydrogen-bond donors (Lipinski definition) is 2. The molecule has 0 rings (SSSR count). The van der Waals surface area contributed by atoms with E-state index in [0.717, 1.165) is 0 Å². The summed E-state index contributed by atoms with van der Waals surface area (Å²) < 4.78 is 9.12. The molecule has 2 amide bonds. The molecule has 0 aromatic rings. The molecule has 0 bridgehead atoms. The van der Waals surface area contributed by atoms with Gasteiger partial charge in [-0.25, -0.2) is 9.59 Å². The standard InChI is InChI=1S/C12H24N2O4/c1-11(2,13-9(15)17-5)7-8-12(3,4)14-10(16)18-6/h7-8H2,1-6H3,(H,13,15)(H,14,16). The average molecular weight is 260 g/mol. The normalized spacial score (nSPS) is 11.7. The molecule has 2 N–H and O–H groups in total. The Hall–Kier alpha value is -1.46. The second-order valence-electron chi connectivity index (χ2n) is 5.50. The maximum atomic E-state index is 11.2. The van der Waals surface area contributed by atoms with Crippen LogP contribution in [-0.4, -0.2) is 37.5 Å². The summed E-state index contributed by atoms with van der Waals surface area (Å²) in [7, 11) is 2.66. The Labute approximate surface area is 108 Å². The van der Waals surface area contributed by atoms with E-state index in [1.54, 1.807) is 0 Å². The summed E-state index contributed by atoms with van der Waals surface area (Å²) >= 11 is 0. The van der Waals surface area contributed by atoms with E-state index in [1.807, 2.05) is 27.7 Å². The molecule has 0 aliphatic rings. The Balaban J connectivity index is 4.28. The van der Waals surface area contributed by atoms with Gasteiger partial charge in [0.05, 0.1) is 14.2 Å². The molecule has 0 aromatic heterocycles. The van der Waals surface area contributed by atoms with Crippen LogP contribution in [0.15, 0.2) is 0 Å². The third-order valence-electron chi connectivity index (χ3n) is 2.63. The van der Waals surface area contributed by atoms with Gasteiger partial charge in [0.2, 0.25) is 0 Å². The van der Waals surface area contributed by atoms with Crippen LogP contribution >= 0.6 is 0 Å². The first-order valence-electron chi connectivity index (χ1n) is 5.84. The van der Waals surface area contributed by atoms with Crippen LogP contribution < -0.4 is 10.6 Å². The van der Waals surface area contributed by atoms with Crippen LogP contribution in [0.4, 0.5) is 9.59 Å². The average Bonchev–Trinajstić information content (AvgIpc) is 2.25. The van der Waals surface area contributed by atoms with E-state index in [1.165, 1.54) is 14.2 Å². The zero-order chi connectivity index (χ0) is 14.4. The number of alkyl carbamates (subject to hydrolysis) is 2. The highest BCUT2D eigenvalue weighted by atomic mass is 16.5. The lowest BCUT2D eigenvalue weighted by Crippen LogP contribution is -2.48. The summed E-state index contributed by atoms with van der Waals surface area (Å²) in [5.74, 6) is 0. The van der Waals surface area contributed by atoms with Crippen molar-refractivity contribution in [2.24, 2.45) is 0 Å². The van der Waals surface area contributed by atoms with Gasteiger partial charge in [-0.3, -0.25) is 0 Å². The first-order chi connectivity index (χ1) is 8.12. The molecule has 0 atom stereocenters. The number of rotatable bonds is 5. The molecule has 0 aliphatic heterocycles. The van der Waals surface area contributed by atoms with Crippen molar-refractivity contribution in [3.63, 3.8) is 0 Å². The Kier molecular flexibility index (Phi) is 5.94. The monoisotopic (exact) mass is 260 g/mol. The van der Waals surface area contributed by atoms with Gasteiger partial charge in [-0.05, 0) is 40.5 Å². The number of hydrogen-bond acceptors (Lipinski definition) is 4. The molecule has 0 saturated carbocycles. The maximum Gasteiger partial charge on any atom is 0.407 e. The van der Waals surface area contributed by atoms with Crippen LogP contribution in [0.5, 0.6) is 0 Å². The maximum absolute atomic E-state index is 11.2. The third-order valence-corrected chi connectivity index (χ3v) is 2.63. The summed E-state index contributed by atoms with van der Waals surface area (Å²) in [6, 6.07) is 0. The predicted octanol–water partition coefficient (Wildman–Crippen LogP) is 2.04. The highest BCUT2D eigenvalue weighted by Gasteiger charge is 2.27. The molecular weight excluding hydrogens is 236 g/mol. The molecule has 0 heterocycles. The van der Waals surface area contributed by atoms with E-state index < -0.39 is 23.3 Å². The predicted molar refractivity (Wildman–Crippen MR) is 68.5 cm³/mol. The van der Waals surface area contributed by atoms with Crippen molar-refractivity contribution in [2.45, 2.75) is 51.6 Å². The van der Waals surface area contributed by atoms with Gasteiger partial charge in [0.25, 0.3) is 0 Å². The second kappa shape index (κ2) is 6.47. The van der Waals surface area contributed by atoms with Crippen LogP contribution in [0.25, 0.3) is 0 Å². The van der Waals surface area contributed by atoms with Gasteiger partial charge >= 0.3 is 12.2 Å². The molecule has 6 nitrogen and oxygen atoms in total. The Morgan fingerprint density at radius 1 is 0.833 bits per heavy atom. The molecule has 0 radical (unpaired) electrons. The fraction of sp³-hybridized carbons (Fsp3) is 0.833. The molecule has 106 valence electrons. The molecular formula is C12H24N2O4. The summed E-state index contributed by atoms with van der Waals surface area (Å²) in [6.45, 7) is 7.60. The third kappa shape index (κ3) is 6.98. The molecule has 0 fully saturated rings. The van der Waals surface area contributed by atoms with Crippen molar-refractivity contribution < 1.29 is 19.1 Å². The lowest BCUT2D eigenvalue weighted by molar-refractivity contribution is 0.148. The highest BCUT2D eigenvalue weighted by Crippen LogP contribution is 2.19. The quantitative estimate of drug-likeness (QED) is 0.793. The number of carbonyl (C=O) groups is 2. The van der Waals surface area contributed by atoms with Gasteiger partial charge in [-0.1, -0.05) is 0 Å². The fourth-order valence-corrected chi connectivity index (χ4v) is 1.40. The Morgan fingerprint density at radius 3 is 1.33 bits per heavy atom. The minimum Gasteiger partial charge on any atom is -0.453 e. The SMILES string of the molecule is COC(=O)NC(C)(C)CCC(C)(C)NC(=O)OC. The van der Waals surface area contributed by atoms with Crippen molar-refractivity contribution >= 4 is 12.2 Å². The van der Waals surface area contributed by atoms with E-state index in [-0.39, 0.29) is 0 Å². The van der Waals surface area contributed by atoms with Gasteiger partial charge in [-0.15, -0.1) is 0 Å². The molecule has 6 heteroatoms. The molecule has 18 heavy (non-hydrogen) atoms. The van der Waals surface area contributed by atoms with E-state index >= 15 is 0 Å². The van der Waals surface area contributed by atoms with Crippen LogP contribution in [0.2, 0.25) is 0 Å². The largest absolute Gasteiger partial charge is 0.453 e. The smallest absolute Gasteiger partial charge is 0.407 e. The van der Waals surface area contributed by atoms with Crippen molar-refractivity contribution in [3.8, 4) is 0 Å². The number of ether oxygens (including phenoxy) is 2. The molecule has 0 saturated heterocycles. The van der Waals surface area contributed by atoms with Crippen LogP contribution in [0, 0.1) is 0 Å². The van der Waals surface area contributed by atoms with Gasteiger partial charge in [0.15, 0.2) is 0 Å². The van der Waals surface area contributed by atoms with Crippen LogP contribution in [-0.2, 0) is 9.47 Å². The number of nitrogens with one attached hydrogen (secondary N) is 2. The molecule has 0 aromatic carbocycles. The molecule has 0 aliphatic carbocycles. The molecule has 0 unspecified atom stereocenters. The van der Waals surface area contributed by atoms with E-state index in [0.29, 0.717) is 12.8 Å². The Bertz CT molecular complexity index is 270.